The van der Waals surface area contributed by atoms with Crippen LogP contribution in [0.2, 0.25) is 0 Å². The molecule has 1 aliphatic heterocycles. The van der Waals surface area contributed by atoms with Crippen LogP contribution in [0.3, 0.4) is 0 Å². The Bertz CT molecular complexity index is 1070. The van der Waals surface area contributed by atoms with Gasteiger partial charge in [0.15, 0.2) is 0 Å². The van der Waals surface area contributed by atoms with E-state index < -0.39 is 0 Å². The summed E-state index contributed by atoms with van der Waals surface area (Å²) in [4.78, 5) is 19.6. The minimum atomic E-state index is -0.158. The first-order valence-corrected chi connectivity index (χ1v) is 8.06. The monoisotopic (exact) mass is 341 g/mol. The van der Waals surface area contributed by atoms with Crippen molar-refractivity contribution in [1.29, 1.82) is 0 Å². The summed E-state index contributed by atoms with van der Waals surface area (Å²) in [5.74, 6) is 6.81. The van der Waals surface area contributed by atoms with Crippen molar-refractivity contribution in [1.82, 2.24) is 9.97 Å². The lowest BCUT2D eigenvalue weighted by atomic mass is 9.99. The van der Waals surface area contributed by atoms with Crippen LogP contribution in [-0.2, 0) is 4.79 Å². The highest BCUT2D eigenvalue weighted by Gasteiger charge is 2.26. The standard InChI is InChI=1S/C21H15N3O2/c1-26-19-9-12-23-18(19)13-16-20-15(3-2-4-17(20)24-21(16)25)6-5-14-7-10-22-11-8-14/h2-4,7-13,23H,1H3,(H,24,25). The maximum atomic E-state index is 12.5. The number of fused-ring (bicyclic) bond motifs is 1. The largest absolute Gasteiger partial charge is 0.495 e. The molecule has 0 unspecified atom stereocenters. The quantitative estimate of drug-likeness (QED) is 0.555. The number of nitrogens with one attached hydrogen (secondary N) is 2. The Morgan fingerprint density at radius 1 is 1.12 bits per heavy atom. The number of nitrogens with zero attached hydrogens (tertiary/aromatic N) is 1. The van der Waals surface area contributed by atoms with Crippen molar-refractivity contribution in [2.24, 2.45) is 0 Å². The summed E-state index contributed by atoms with van der Waals surface area (Å²) in [7, 11) is 1.60. The lowest BCUT2D eigenvalue weighted by Gasteiger charge is -2.03. The van der Waals surface area contributed by atoms with Crippen molar-refractivity contribution >= 4 is 23.2 Å². The molecule has 0 bridgehead atoms. The number of H-pyrrole nitrogens is 1. The number of carbonyl (C=O) groups is 1. The fraction of sp³-hybridized carbons (Fsp3) is 0.0476. The molecule has 3 heterocycles. The van der Waals surface area contributed by atoms with Gasteiger partial charge in [-0.3, -0.25) is 9.78 Å². The molecule has 4 rings (SSSR count). The topological polar surface area (TPSA) is 67.0 Å². The number of ether oxygens (including phenoxy) is 1. The second kappa shape index (κ2) is 6.61. The number of carbonyl (C=O) groups excluding carboxylic acids is 1. The number of aromatic amines is 1. The van der Waals surface area contributed by atoms with Crippen molar-refractivity contribution < 1.29 is 9.53 Å². The van der Waals surface area contributed by atoms with Crippen LogP contribution in [-0.4, -0.2) is 23.0 Å². The third-order valence-corrected chi connectivity index (χ3v) is 4.10. The van der Waals surface area contributed by atoms with E-state index in [4.69, 9.17) is 4.74 Å². The molecule has 5 heteroatoms. The number of pyridine rings is 1. The van der Waals surface area contributed by atoms with Gasteiger partial charge < -0.3 is 15.0 Å². The first-order valence-electron chi connectivity index (χ1n) is 8.06. The Morgan fingerprint density at radius 2 is 1.96 bits per heavy atom. The minimum Gasteiger partial charge on any atom is -0.495 e. The third kappa shape index (κ3) is 2.85. The highest BCUT2D eigenvalue weighted by Crippen LogP contribution is 2.36. The summed E-state index contributed by atoms with van der Waals surface area (Å²) in [5.41, 5.74) is 4.51. The molecule has 1 amide bonds. The molecule has 126 valence electrons. The van der Waals surface area contributed by atoms with E-state index in [0.29, 0.717) is 11.3 Å². The van der Waals surface area contributed by atoms with E-state index in [-0.39, 0.29) is 5.91 Å². The Kier molecular flexibility index (Phi) is 4.00. The summed E-state index contributed by atoms with van der Waals surface area (Å²) in [6, 6.07) is 11.2. The predicted octanol–water partition coefficient (Wildman–Crippen LogP) is 3.31. The second-order valence-corrected chi connectivity index (χ2v) is 5.69. The van der Waals surface area contributed by atoms with Crippen LogP contribution in [0.15, 0.2) is 55.0 Å². The van der Waals surface area contributed by atoms with Gasteiger partial charge in [0.2, 0.25) is 0 Å². The van der Waals surface area contributed by atoms with Crippen LogP contribution in [0.1, 0.15) is 22.4 Å². The van der Waals surface area contributed by atoms with Gasteiger partial charge in [0.25, 0.3) is 5.91 Å². The predicted molar refractivity (Wildman–Crippen MR) is 101 cm³/mol. The zero-order valence-electron chi connectivity index (χ0n) is 14.0. The average Bonchev–Trinajstić information content (AvgIpc) is 3.25. The van der Waals surface area contributed by atoms with Gasteiger partial charge in [-0.2, -0.15) is 0 Å². The molecule has 1 aliphatic rings. The van der Waals surface area contributed by atoms with Gasteiger partial charge in [-0.25, -0.2) is 0 Å². The normalized spacial score (nSPS) is 13.7. The van der Waals surface area contributed by atoms with Crippen LogP contribution in [0.5, 0.6) is 5.75 Å². The molecule has 0 spiro atoms. The van der Waals surface area contributed by atoms with Gasteiger partial charge in [0.05, 0.1) is 24.1 Å². The summed E-state index contributed by atoms with van der Waals surface area (Å²) in [6.07, 6.45) is 6.96. The number of hydrogen-bond acceptors (Lipinski definition) is 3. The van der Waals surface area contributed by atoms with E-state index in [9.17, 15) is 4.79 Å². The van der Waals surface area contributed by atoms with Gasteiger partial charge in [0.1, 0.15) is 5.75 Å². The number of amides is 1. The molecule has 5 nitrogen and oxygen atoms in total. The van der Waals surface area contributed by atoms with Crippen molar-refractivity contribution in [2.45, 2.75) is 0 Å². The van der Waals surface area contributed by atoms with Crippen molar-refractivity contribution in [2.75, 3.05) is 12.4 Å². The smallest absolute Gasteiger partial charge is 0.256 e. The highest BCUT2D eigenvalue weighted by atomic mass is 16.5. The highest BCUT2D eigenvalue weighted by molar-refractivity contribution is 6.35. The third-order valence-electron chi connectivity index (χ3n) is 4.10. The SMILES string of the molecule is COc1cc[nH]c1C=C1C(=O)Nc2cccc(C#Cc3ccncc3)c21. The molecule has 0 aliphatic carbocycles. The maximum Gasteiger partial charge on any atom is 0.256 e. The molecule has 2 N–H and O–H groups in total. The number of anilines is 1. The molecule has 26 heavy (non-hydrogen) atoms. The van der Waals surface area contributed by atoms with Crippen molar-refractivity contribution in [3.63, 3.8) is 0 Å². The molecule has 1 aromatic carbocycles. The number of aromatic nitrogens is 2. The zero-order valence-corrected chi connectivity index (χ0v) is 14.0. The fourth-order valence-electron chi connectivity index (χ4n) is 2.87. The zero-order chi connectivity index (χ0) is 17.9. The Labute approximate surface area is 150 Å². The first kappa shape index (κ1) is 15.7. The van der Waals surface area contributed by atoms with Gasteiger partial charge in [0, 0.05) is 35.3 Å². The van der Waals surface area contributed by atoms with E-state index in [0.717, 1.165) is 28.1 Å². The molecular formula is C21H15N3O2. The van der Waals surface area contributed by atoms with Crippen LogP contribution in [0.25, 0.3) is 11.6 Å². The number of benzene rings is 1. The van der Waals surface area contributed by atoms with E-state index in [1.54, 1.807) is 31.8 Å². The van der Waals surface area contributed by atoms with E-state index in [1.807, 2.05) is 36.4 Å². The van der Waals surface area contributed by atoms with Crippen molar-refractivity contribution in [3.05, 3.63) is 77.4 Å². The van der Waals surface area contributed by atoms with E-state index >= 15 is 0 Å². The van der Waals surface area contributed by atoms with Crippen LogP contribution in [0.4, 0.5) is 5.69 Å². The molecule has 3 aromatic rings. The first-order chi connectivity index (χ1) is 12.8. The summed E-state index contributed by atoms with van der Waals surface area (Å²) in [6.45, 7) is 0. The van der Waals surface area contributed by atoms with Gasteiger partial charge >= 0.3 is 0 Å². The van der Waals surface area contributed by atoms with Crippen molar-refractivity contribution in [3.8, 4) is 17.6 Å². The molecule has 0 radical (unpaired) electrons. The molecule has 0 fully saturated rings. The molecule has 0 saturated carbocycles. The lowest BCUT2D eigenvalue weighted by molar-refractivity contribution is -0.110. The summed E-state index contributed by atoms with van der Waals surface area (Å²) >= 11 is 0. The van der Waals surface area contributed by atoms with Crippen LogP contribution in [0, 0.1) is 11.8 Å². The Balaban J connectivity index is 1.81. The van der Waals surface area contributed by atoms with Gasteiger partial charge in [-0.05, 0) is 36.4 Å². The van der Waals surface area contributed by atoms with E-state index in [1.165, 1.54) is 0 Å². The second-order valence-electron chi connectivity index (χ2n) is 5.69. The molecule has 2 aromatic heterocycles. The maximum absolute atomic E-state index is 12.5. The molecular weight excluding hydrogens is 326 g/mol. The number of hydrogen-bond donors (Lipinski definition) is 2. The van der Waals surface area contributed by atoms with E-state index in [2.05, 4.69) is 27.1 Å². The lowest BCUT2D eigenvalue weighted by Crippen LogP contribution is -2.03. The Hall–Kier alpha value is -3.78. The van der Waals surface area contributed by atoms with Gasteiger partial charge in [-0.15, -0.1) is 0 Å². The minimum absolute atomic E-state index is 0.158. The Morgan fingerprint density at radius 3 is 2.77 bits per heavy atom. The summed E-state index contributed by atoms with van der Waals surface area (Å²) < 4.78 is 5.31. The fourth-order valence-corrected chi connectivity index (χ4v) is 2.87. The summed E-state index contributed by atoms with van der Waals surface area (Å²) in [5, 5.41) is 2.90. The van der Waals surface area contributed by atoms with Gasteiger partial charge in [-0.1, -0.05) is 17.9 Å². The molecule has 0 saturated heterocycles. The molecule has 0 atom stereocenters. The number of methoxy groups -OCH3 is 1. The average molecular weight is 341 g/mol. The number of rotatable bonds is 2. The van der Waals surface area contributed by atoms with Crippen LogP contribution >= 0.6 is 0 Å². The van der Waals surface area contributed by atoms with Crippen LogP contribution < -0.4 is 10.1 Å².